The van der Waals surface area contributed by atoms with Gasteiger partial charge in [-0.3, -0.25) is 14.5 Å². The van der Waals surface area contributed by atoms with E-state index in [0.29, 0.717) is 37.9 Å². The number of carbonyl (C=O) groups is 2. The second kappa shape index (κ2) is 9.61. The average Bonchev–Trinajstić information content (AvgIpc) is 3.03. The van der Waals surface area contributed by atoms with Gasteiger partial charge in [0.2, 0.25) is 3.79 Å². The molecule has 0 aromatic heterocycles. The molecule has 0 spiro atoms. The molecule has 2 saturated heterocycles. The maximum atomic E-state index is 14.0. The van der Waals surface area contributed by atoms with Crippen LogP contribution in [0, 0.1) is 5.82 Å². The minimum atomic E-state index is -1.92. The van der Waals surface area contributed by atoms with Crippen LogP contribution in [-0.2, 0) is 4.79 Å². The fourth-order valence-corrected chi connectivity index (χ4v) is 5.35. The molecule has 10 heteroatoms. The fourth-order valence-electron chi connectivity index (χ4n) is 3.80. The highest BCUT2D eigenvalue weighted by Gasteiger charge is 2.51. The maximum Gasteiger partial charge on any atom is 0.295 e. The SMILES string of the molecule is O=C1S/C(=C/c2ccccc2F)C(=O)N1C(N1CCN(c2ccccc2)CC1)C(Cl)(Cl)Cl. The molecule has 0 aliphatic carbocycles. The van der Waals surface area contributed by atoms with E-state index >= 15 is 0 Å². The minimum absolute atomic E-state index is 0.0854. The lowest BCUT2D eigenvalue weighted by Gasteiger charge is -2.44. The van der Waals surface area contributed by atoms with Crippen LogP contribution in [0.4, 0.5) is 14.9 Å². The topological polar surface area (TPSA) is 43.9 Å². The molecule has 2 heterocycles. The molecule has 2 aromatic rings. The van der Waals surface area contributed by atoms with Crippen LogP contribution in [0.1, 0.15) is 5.56 Å². The first-order chi connectivity index (χ1) is 15.3. The Morgan fingerprint density at radius 1 is 0.938 bits per heavy atom. The Kier molecular flexibility index (Phi) is 7.03. The lowest BCUT2D eigenvalue weighted by atomic mass is 10.2. The number of hydrogen-bond acceptors (Lipinski definition) is 5. The highest BCUT2D eigenvalue weighted by molar-refractivity contribution is 8.18. The Balaban J connectivity index is 1.56. The number of hydrogen-bond donors (Lipinski definition) is 0. The number of halogens is 4. The fraction of sp³-hybridized carbons (Fsp3) is 0.273. The van der Waals surface area contributed by atoms with Crippen molar-refractivity contribution in [2.45, 2.75) is 9.96 Å². The van der Waals surface area contributed by atoms with Crippen LogP contribution in [0.5, 0.6) is 0 Å². The smallest absolute Gasteiger partial charge is 0.295 e. The second-order valence-electron chi connectivity index (χ2n) is 7.35. The number of para-hydroxylation sites is 1. The number of rotatable bonds is 4. The van der Waals surface area contributed by atoms with Crippen molar-refractivity contribution >= 4 is 69.5 Å². The van der Waals surface area contributed by atoms with E-state index in [4.69, 9.17) is 34.8 Å². The Morgan fingerprint density at radius 2 is 1.56 bits per heavy atom. The van der Waals surface area contributed by atoms with E-state index in [1.54, 1.807) is 12.1 Å². The lowest BCUT2D eigenvalue weighted by molar-refractivity contribution is -0.127. The molecule has 0 N–H and O–H groups in total. The standard InChI is InChI=1S/C22H19Cl3FN3O2S/c23-22(24,25)20(28-12-10-27(11-13-28)16-7-2-1-3-8-16)29-19(30)18(32-21(29)31)14-15-6-4-5-9-17(15)26/h1-9,14,20H,10-13H2/b18-14+. The third kappa shape index (κ3) is 4.92. The number of thioether (sulfide) groups is 1. The summed E-state index contributed by atoms with van der Waals surface area (Å²) >= 11 is 19.5. The number of amides is 2. The van der Waals surface area contributed by atoms with E-state index in [0.717, 1.165) is 10.6 Å². The van der Waals surface area contributed by atoms with Crippen LogP contribution in [0.2, 0.25) is 0 Å². The molecular weight excluding hydrogens is 496 g/mol. The van der Waals surface area contributed by atoms with Crippen molar-refractivity contribution in [2.75, 3.05) is 31.1 Å². The number of anilines is 1. The van der Waals surface area contributed by atoms with Gasteiger partial charge in [-0.2, -0.15) is 0 Å². The molecule has 1 atom stereocenters. The first-order valence-electron chi connectivity index (χ1n) is 9.88. The van der Waals surface area contributed by atoms with E-state index in [1.807, 2.05) is 35.2 Å². The predicted molar refractivity (Wildman–Crippen MR) is 129 cm³/mol. The molecular formula is C22H19Cl3FN3O2S. The summed E-state index contributed by atoms with van der Waals surface area (Å²) in [6.07, 6.45) is 0.271. The minimum Gasteiger partial charge on any atom is -0.369 e. The van der Waals surface area contributed by atoms with Gasteiger partial charge in [-0.05, 0) is 36.0 Å². The predicted octanol–water partition coefficient (Wildman–Crippen LogP) is 5.38. The van der Waals surface area contributed by atoms with Crippen LogP contribution >= 0.6 is 46.6 Å². The normalized spacial score (nSPS) is 20.3. The van der Waals surface area contributed by atoms with E-state index in [1.165, 1.54) is 18.2 Å². The summed E-state index contributed by atoms with van der Waals surface area (Å²) in [5.41, 5.74) is 1.29. The van der Waals surface area contributed by atoms with Crippen molar-refractivity contribution in [3.8, 4) is 0 Å². The summed E-state index contributed by atoms with van der Waals surface area (Å²) in [5.74, 6) is -1.10. The third-order valence-electron chi connectivity index (χ3n) is 5.33. The summed E-state index contributed by atoms with van der Waals surface area (Å²) in [5, 5.41) is -0.556. The van der Waals surface area contributed by atoms with Crippen molar-refractivity contribution in [3.63, 3.8) is 0 Å². The van der Waals surface area contributed by atoms with Gasteiger partial charge in [0.05, 0.1) is 4.91 Å². The summed E-state index contributed by atoms with van der Waals surface area (Å²) in [7, 11) is 0. The summed E-state index contributed by atoms with van der Waals surface area (Å²) in [6.45, 7) is 2.26. The van der Waals surface area contributed by atoms with Gasteiger partial charge in [0.1, 0.15) is 12.0 Å². The maximum absolute atomic E-state index is 14.0. The van der Waals surface area contributed by atoms with Gasteiger partial charge < -0.3 is 4.90 Å². The zero-order chi connectivity index (χ0) is 22.9. The van der Waals surface area contributed by atoms with Gasteiger partial charge in [-0.25, -0.2) is 9.29 Å². The van der Waals surface area contributed by atoms with Gasteiger partial charge in [-0.15, -0.1) is 0 Å². The van der Waals surface area contributed by atoms with Crippen molar-refractivity contribution in [3.05, 3.63) is 70.9 Å². The molecule has 2 fully saturated rings. The molecule has 168 valence electrons. The van der Waals surface area contributed by atoms with E-state index < -0.39 is 26.9 Å². The second-order valence-corrected chi connectivity index (χ2v) is 10.7. The quantitative estimate of drug-likeness (QED) is 0.405. The molecule has 4 rings (SSSR count). The Hall–Kier alpha value is -1.77. The van der Waals surface area contributed by atoms with E-state index in [-0.39, 0.29) is 10.5 Å². The molecule has 1 unspecified atom stereocenters. The van der Waals surface area contributed by atoms with Crippen LogP contribution < -0.4 is 4.90 Å². The third-order valence-corrected chi connectivity index (χ3v) is 6.80. The molecule has 2 amide bonds. The van der Waals surface area contributed by atoms with E-state index in [2.05, 4.69) is 4.90 Å². The largest absolute Gasteiger partial charge is 0.369 e. The molecule has 0 saturated carbocycles. The van der Waals surface area contributed by atoms with Crippen LogP contribution in [0.15, 0.2) is 59.5 Å². The van der Waals surface area contributed by atoms with E-state index in [9.17, 15) is 14.0 Å². The Bertz CT molecular complexity index is 1040. The number of imide groups is 1. The van der Waals surface area contributed by atoms with Gasteiger partial charge in [-0.1, -0.05) is 71.2 Å². The number of benzene rings is 2. The lowest BCUT2D eigenvalue weighted by Crippen LogP contribution is -2.61. The Morgan fingerprint density at radius 3 is 2.19 bits per heavy atom. The monoisotopic (exact) mass is 513 g/mol. The molecule has 0 radical (unpaired) electrons. The zero-order valence-electron chi connectivity index (χ0n) is 16.8. The number of nitrogens with zero attached hydrogens (tertiary/aromatic N) is 3. The molecule has 32 heavy (non-hydrogen) atoms. The summed E-state index contributed by atoms with van der Waals surface area (Å²) < 4.78 is 12.1. The van der Waals surface area contributed by atoms with Gasteiger partial charge in [0, 0.05) is 37.4 Å². The highest BCUT2D eigenvalue weighted by atomic mass is 35.6. The van der Waals surface area contributed by atoms with Crippen molar-refractivity contribution in [1.29, 1.82) is 0 Å². The van der Waals surface area contributed by atoms with Crippen LogP contribution in [-0.4, -0.2) is 57.1 Å². The first-order valence-corrected chi connectivity index (χ1v) is 11.8. The summed E-state index contributed by atoms with van der Waals surface area (Å²) in [6, 6.07) is 15.9. The van der Waals surface area contributed by atoms with Crippen LogP contribution in [0.25, 0.3) is 6.08 Å². The molecule has 0 bridgehead atoms. The molecule has 2 aromatic carbocycles. The zero-order valence-corrected chi connectivity index (χ0v) is 19.8. The first kappa shape index (κ1) is 23.4. The van der Waals surface area contributed by atoms with Crippen molar-refractivity contribution in [1.82, 2.24) is 9.80 Å². The molecule has 2 aliphatic rings. The van der Waals surface area contributed by atoms with Gasteiger partial charge >= 0.3 is 0 Å². The van der Waals surface area contributed by atoms with Crippen molar-refractivity contribution < 1.29 is 14.0 Å². The molecule has 2 aliphatic heterocycles. The molecule has 5 nitrogen and oxygen atoms in total. The van der Waals surface area contributed by atoms with Crippen LogP contribution in [0.3, 0.4) is 0 Å². The average molecular weight is 515 g/mol. The number of carbonyl (C=O) groups excluding carboxylic acids is 2. The highest BCUT2D eigenvalue weighted by Crippen LogP contribution is 2.42. The number of alkyl halides is 3. The van der Waals surface area contributed by atoms with Gasteiger partial charge in [0.25, 0.3) is 11.1 Å². The number of piperazine rings is 1. The summed E-state index contributed by atoms with van der Waals surface area (Å²) in [4.78, 5) is 31.0. The Labute approximate surface area is 204 Å². The van der Waals surface area contributed by atoms with Gasteiger partial charge in [0.15, 0.2) is 0 Å². The van der Waals surface area contributed by atoms with Crippen molar-refractivity contribution in [2.24, 2.45) is 0 Å².